The average molecular weight is 338 g/mol. The number of carbonyl (C=O) groups is 1. The highest BCUT2D eigenvalue weighted by atomic mass is 32.1. The number of carbonyl (C=O) groups excluding carboxylic acids is 1. The summed E-state index contributed by atoms with van der Waals surface area (Å²) in [6.07, 6.45) is -0.224. The van der Waals surface area contributed by atoms with E-state index in [1.807, 2.05) is 16.8 Å². The molecule has 0 radical (unpaired) electrons. The molecule has 4 nitrogen and oxygen atoms in total. The fraction of sp³-hybridized carbons (Fsp3) is 0.267. The van der Waals surface area contributed by atoms with Gasteiger partial charge < -0.3 is 15.8 Å². The largest absolute Gasteiger partial charge is 0.341 e. The van der Waals surface area contributed by atoms with Gasteiger partial charge in [-0.3, -0.25) is 4.79 Å². The SMILES string of the molecule is NC(Cc1ccsc1)OC1(CS)C(=O)Nc2c(F)cccc21. The minimum Gasteiger partial charge on any atom is -0.341 e. The molecule has 1 aliphatic heterocycles. The maximum Gasteiger partial charge on any atom is 0.262 e. The van der Waals surface area contributed by atoms with Crippen molar-refractivity contribution in [3.05, 3.63) is 52.0 Å². The lowest BCUT2D eigenvalue weighted by Crippen LogP contribution is -2.45. The molecule has 1 amide bonds. The van der Waals surface area contributed by atoms with Crippen LogP contribution in [-0.2, 0) is 21.6 Å². The summed E-state index contributed by atoms with van der Waals surface area (Å²) >= 11 is 5.81. The first-order chi connectivity index (χ1) is 10.6. The minimum atomic E-state index is -1.37. The van der Waals surface area contributed by atoms with Gasteiger partial charge in [0.05, 0.1) is 5.69 Å². The van der Waals surface area contributed by atoms with Crippen LogP contribution in [0.2, 0.25) is 0 Å². The number of halogens is 1. The first kappa shape index (κ1) is 15.5. The summed E-state index contributed by atoms with van der Waals surface area (Å²) in [5.41, 5.74) is 6.29. The van der Waals surface area contributed by atoms with Gasteiger partial charge in [-0.2, -0.15) is 24.0 Å². The zero-order valence-electron chi connectivity index (χ0n) is 11.6. The number of para-hydroxylation sites is 1. The number of fused-ring (bicyclic) bond motifs is 1. The lowest BCUT2D eigenvalue weighted by atomic mass is 9.96. The summed E-state index contributed by atoms with van der Waals surface area (Å²) in [6.45, 7) is 0. The van der Waals surface area contributed by atoms with E-state index in [1.165, 1.54) is 6.07 Å². The lowest BCUT2D eigenvalue weighted by Gasteiger charge is -2.29. The molecule has 7 heteroatoms. The van der Waals surface area contributed by atoms with Crippen molar-refractivity contribution in [3.63, 3.8) is 0 Å². The van der Waals surface area contributed by atoms with Crippen LogP contribution in [0.15, 0.2) is 35.0 Å². The topological polar surface area (TPSA) is 64.3 Å². The molecule has 116 valence electrons. The van der Waals surface area contributed by atoms with E-state index in [0.29, 0.717) is 12.0 Å². The van der Waals surface area contributed by atoms with Gasteiger partial charge in [0.1, 0.15) is 12.0 Å². The first-order valence-electron chi connectivity index (χ1n) is 6.72. The second-order valence-corrected chi connectivity index (χ2v) is 6.19. The van der Waals surface area contributed by atoms with E-state index in [-0.39, 0.29) is 11.4 Å². The van der Waals surface area contributed by atoms with Crippen molar-refractivity contribution in [3.8, 4) is 0 Å². The highest BCUT2D eigenvalue weighted by molar-refractivity contribution is 7.80. The molecule has 1 aromatic carbocycles. The summed E-state index contributed by atoms with van der Waals surface area (Å²) in [5.74, 6) is -0.861. The highest BCUT2D eigenvalue weighted by Gasteiger charge is 2.49. The molecule has 3 rings (SSSR count). The molecule has 0 fully saturated rings. The summed E-state index contributed by atoms with van der Waals surface area (Å²) < 4.78 is 19.7. The molecular weight excluding hydrogens is 323 g/mol. The van der Waals surface area contributed by atoms with E-state index in [2.05, 4.69) is 17.9 Å². The van der Waals surface area contributed by atoms with Crippen LogP contribution in [0.1, 0.15) is 11.1 Å². The van der Waals surface area contributed by atoms with Crippen molar-refractivity contribution in [2.24, 2.45) is 5.73 Å². The number of ether oxygens (including phenoxy) is 1. The third-order valence-corrected chi connectivity index (χ3v) is 4.82. The van der Waals surface area contributed by atoms with Gasteiger partial charge in [-0.15, -0.1) is 0 Å². The fourth-order valence-corrected chi connectivity index (χ4v) is 3.65. The van der Waals surface area contributed by atoms with Gasteiger partial charge in [0.15, 0.2) is 5.60 Å². The average Bonchev–Trinajstić information content (AvgIpc) is 3.08. The molecule has 2 atom stereocenters. The number of hydrogen-bond acceptors (Lipinski definition) is 5. The van der Waals surface area contributed by atoms with Crippen molar-refractivity contribution in [2.75, 3.05) is 11.1 Å². The Hall–Kier alpha value is -1.41. The van der Waals surface area contributed by atoms with Crippen LogP contribution in [0.5, 0.6) is 0 Å². The normalized spacial score (nSPS) is 21.5. The van der Waals surface area contributed by atoms with Gasteiger partial charge in [0.25, 0.3) is 5.91 Å². The number of thiophene rings is 1. The second kappa shape index (κ2) is 6.00. The molecule has 1 aromatic heterocycles. The Kier molecular flexibility index (Phi) is 4.22. The zero-order valence-corrected chi connectivity index (χ0v) is 13.3. The Bertz CT molecular complexity index is 693. The van der Waals surface area contributed by atoms with E-state index in [1.54, 1.807) is 23.5 Å². The van der Waals surface area contributed by atoms with E-state index in [4.69, 9.17) is 10.5 Å². The molecule has 0 spiro atoms. The van der Waals surface area contributed by atoms with Gasteiger partial charge in [-0.05, 0) is 28.5 Å². The minimum absolute atomic E-state index is 0.0760. The molecule has 2 heterocycles. The third-order valence-electron chi connectivity index (χ3n) is 3.65. The third kappa shape index (κ3) is 2.54. The smallest absolute Gasteiger partial charge is 0.262 e. The van der Waals surface area contributed by atoms with Crippen molar-refractivity contribution >= 4 is 35.6 Å². The molecule has 0 bridgehead atoms. The monoisotopic (exact) mass is 338 g/mol. The van der Waals surface area contributed by atoms with Crippen LogP contribution >= 0.6 is 24.0 Å². The Balaban J connectivity index is 1.89. The van der Waals surface area contributed by atoms with E-state index in [0.717, 1.165) is 5.56 Å². The standard InChI is InChI=1S/C15H15FN2O2S2/c16-11-3-1-2-10-13(11)18-14(19)15(10,8-21)20-12(17)6-9-4-5-22-7-9/h1-5,7,12,21H,6,8,17H2,(H,18,19). The number of hydrogen-bond donors (Lipinski definition) is 3. The van der Waals surface area contributed by atoms with Crippen molar-refractivity contribution in [2.45, 2.75) is 18.2 Å². The van der Waals surface area contributed by atoms with Crippen LogP contribution in [0, 0.1) is 5.82 Å². The number of amides is 1. The van der Waals surface area contributed by atoms with Gasteiger partial charge in [-0.25, -0.2) is 4.39 Å². The summed E-state index contributed by atoms with van der Waals surface area (Å²) in [4.78, 5) is 12.4. The van der Waals surface area contributed by atoms with Gasteiger partial charge in [-0.1, -0.05) is 12.1 Å². The molecule has 22 heavy (non-hydrogen) atoms. The lowest BCUT2D eigenvalue weighted by molar-refractivity contribution is -0.145. The number of anilines is 1. The summed E-state index contributed by atoms with van der Waals surface area (Å²) in [6, 6.07) is 6.44. The maximum atomic E-state index is 13.9. The predicted octanol–water partition coefficient (Wildman–Crippen LogP) is 2.51. The second-order valence-electron chi connectivity index (χ2n) is 5.09. The van der Waals surface area contributed by atoms with Crippen LogP contribution < -0.4 is 11.1 Å². The number of rotatable bonds is 5. The number of benzene rings is 1. The molecule has 2 unspecified atom stereocenters. The zero-order chi connectivity index (χ0) is 15.7. The number of nitrogens with two attached hydrogens (primary N) is 1. The van der Waals surface area contributed by atoms with Crippen LogP contribution in [0.3, 0.4) is 0 Å². The molecule has 0 saturated heterocycles. The van der Waals surface area contributed by atoms with Gasteiger partial charge in [0.2, 0.25) is 0 Å². The number of thiol groups is 1. The first-order valence-corrected chi connectivity index (χ1v) is 8.30. The maximum absolute atomic E-state index is 13.9. The van der Waals surface area contributed by atoms with Crippen molar-refractivity contribution in [1.29, 1.82) is 0 Å². The molecule has 0 saturated carbocycles. The Labute approximate surface area is 136 Å². The van der Waals surface area contributed by atoms with Crippen molar-refractivity contribution < 1.29 is 13.9 Å². The molecule has 1 aliphatic rings. The Morgan fingerprint density at radius 2 is 2.27 bits per heavy atom. The van der Waals surface area contributed by atoms with Crippen LogP contribution in [-0.4, -0.2) is 17.9 Å². The Morgan fingerprint density at radius 1 is 1.45 bits per heavy atom. The van der Waals surface area contributed by atoms with Gasteiger partial charge >= 0.3 is 0 Å². The summed E-state index contributed by atoms with van der Waals surface area (Å²) in [7, 11) is 0. The van der Waals surface area contributed by atoms with Crippen LogP contribution in [0.4, 0.5) is 10.1 Å². The predicted molar refractivity (Wildman–Crippen MR) is 87.6 cm³/mol. The quantitative estimate of drug-likeness (QED) is 0.580. The highest BCUT2D eigenvalue weighted by Crippen LogP contribution is 2.41. The van der Waals surface area contributed by atoms with Crippen molar-refractivity contribution in [1.82, 2.24) is 0 Å². The molecular formula is C15H15FN2O2S2. The number of nitrogens with one attached hydrogen (secondary N) is 1. The van der Waals surface area contributed by atoms with E-state index in [9.17, 15) is 9.18 Å². The molecule has 0 aliphatic carbocycles. The van der Waals surface area contributed by atoms with E-state index < -0.39 is 23.6 Å². The Morgan fingerprint density at radius 3 is 2.95 bits per heavy atom. The van der Waals surface area contributed by atoms with Gasteiger partial charge in [0, 0.05) is 17.7 Å². The van der Waals surface area contributed by atoms with E-state index >= 15 is 0 Å². The summed E-state index contributed by atoms with van der Waals surface area (Å²) in [5, 5.41) is 6.45. The molecule has 3 N–H and O–H groups in total. The van der Waals surface area contributed by atoms with Crippen LogP contribution in [0.25, 0.3) is 0 Å². The fourth-order valence-electron chi connectivity index (χ4n) is 2.58. The molecule has 2 aromatic rings.